The topological polar surface area (TPSA) is 68.5 Å². The molecule has 0 unspecified atom stereocenters. The van der Waals surface area contributed by atoms with E-state index in [4.69, 9.17) is 0 Å². The number of rotatable bonds is 2. The summed E-state index contributed by atoms with van der Waals surface area (Å²) in [6.45, 7) is 1.97. The molecule has 6 heteroatoms. The summed E-state index contributed by atoms with van der Waals surface area (Å²) in [5.41, 5.74) is 1.93. The summed E-state index contributed by atoms with van der Waals surface area (Å²) >= 11 is 0. The Balaban J connectivity index is 2.23. The summed E-state index contributed by atoms with van der Waals surface area (Å²) in [4.78, 5) is 11.6. The van der Waals surface area contributed by atoms with Crippen LogP contribution in [0.4, 0.5) is 11.6 Å². The quantitative estimate of drug-likeness (QED) is 0.753. The van der Waals surface area contributed by atoms with Gasteiger partial charge in [0.25, 0.3) is 0 Å². The van der Waals surface area contributed by atoms with E-state index < -0.39 is 0 Å². The second-order valence-corrected chi connectivity index (χ2v) is 2.85. The molecule has 0 saturated carbocycles. The minimum atomic E-state index is 0.524. The third kappa shape index (κ3) is 1.54. The van der Waals surface area contributed by atoms with Crippen LogP contribution in [0, 0.1) is 6.92 Å². The fourth-order valence-corrected chi connectivity index (χ4v) is 1.05. The first-order valence-electron chi connectivity index (χ1n) is 4.15. The van der Waals surface area contributed by atoms with Gasteiger partial charge in [-0.2, -0.15) is 5.10 Å². The largest absolute Gasteiger partial charge is 0.321 e. The average Bonchev–Trinajstić information content (AvgIpc) is 2.52. The van der Waals surface area contributed by atoms with Crippen molar-refractivity contribution in [3.63, 3.8) is 0 Å². The summed E-state index contributed by atoms with van der Waals surface area (Å²) < 4.78 is 1.78. The summed E-state index contributed by atoms with van der Waals surface area (Å²) in [7, 11) is 1.88. The predicted molar refractivity (Wildman–Crippen MR) is 51.1 cm³/mol. The molecule has 6 nitrogen and oxygen atoms in total. The Morgan fingerprint density at radius 3 is 2.57 bits per heavy atom. The molecule has 0 radical (unpaired) electrons. The van der Waals surface area contributed by atoms with Gasteiger partial charge in [-0.1, -0.05) is 0 Å². The fourth-order valence-electron chi connectivity index (χ4n) is 1.05. The molecule has 0 amide bonds. The lowest BCUT2D eigenvalue weighted by Gasteiger charge is -2.01. The van der Waals surface area contributed by atoms with E-state index in [1.165, 1.54) is 12.7 Å². The number of aromatic nitrogens is 5. The molecule has 2 aromatic rings. The van der Waals surface area contributed by atoms with E-state index in [0.29, 0.717) is 5.95 Å². The van der Waals surface area contributed by atoms with E-state index in [9.17, 15) is 0 Å². The monoisotopic (exact) mass is 190 g/mol. The van der Waals surface area contributed by atoms with Gasteiger partial charge in [-0.25, -0.2) is 15.0 Å². The first kappa shape index (κ1) is 8.61. The second-order valence-electron chi connectivity index (χ2n) is 2.85. The lowest BCUT2D eigenvalue weighted by atomic mass is 10.4. The molecule has 0 aliphatic carbocycles. The van der Waals surface area contributed by atoms with E-state index >= 15 is 0 Å². The van der Waals surface area contributed by atoms with Gasteiger partial charge in [0.1, 0.15) is 12.7 Å². The van der Waals surface area contributed by atoms with Gasteiger partial charge in [0.2, 0.25) is 5.95 Å². The van der Waals surface area contributed by atoms with Gasteiger partial charge in [0.15, 0.2) is 0 Å². The highest BCUT2D eigenvalue weighted by molar-refractivity contribution is 5.54. The minimum Gasteiger partial charge on any atom is -0.321 e. The van der Waals surface area contributed by atoms with Crippen molar-refractivity contribution < 1.29 is 0 Å². The molecular formula is C8H10N6. The standard InChI is InChI=1S/C8H10N6/c1-6-7(3-12-14(6)2)13-8-10-4-9-5-11-8/h3-5H,1-2H3,(H,9,10,11,13). The maximum Gasteiger partial charge on any atom is 0.230 e. The highest BCUT2D eigenvalue weighted by Gasteiger charge is 2.04. The van der Waals surface area contributed by atoms with E-state index in [-0.39, 0.29) is 0 Å². The Morgan fingerprint density at radius 2 is 2.00 bits per heavy atom. The average molecular weight is 190 g/mol. The van der Waals surface area contributed by atoms with Gasteiger partial charge in [0, 0.05) is 7.05 Å². The molecule has 0 atom stereocenters. The number of aryl methyl sites for hydroxylation is 1. The van der Waals surface area contributed by atoms with E-state index in [2.05, 4.69) is 25.4 Å². The molecule has 72 valence electrons. The van der Waals surface area contributed by atoms with E-state index in [0.717, 1.165) is 11.4 Å². The molecule has 0 aliphatic heterocycles. The lowest BCUT2D eigenvalue weighted by molar-refractivity contribution is 0.740. The predicted octanol–water partition coefficient (Wildman–Crippen LogP) is 0.657. The van der Waals surface area contributed by atoms with Crippen LogP contribution in [-0.4, -0.2) is 24.7 Å². The minimum absolute atomic E-state index is 0.524. The normalized spacial score (nSPS) is 10.1. The molecule has 0 saturated heterocycles. The zero-order chi connectivity index (χ0) is 9.97. The highest BCUT2D eigenvalue weighted by atomic mass is 15.3. The third-order valence-corrected chi connectivity index (χ3v) is 1.98. The zero-order valence-corrected chi connectivity index (χ0v) is 7.97. The van der Waals surface area contributed by atoms with Gasteiger partial charge >= 0.3 is 0 Å². The van der Waals surface area contributed by atoms with Crippen LogP contribution in [0.25, 0.3) is 0 Å². The van der Waals surface area contributed by atoms with Crippen LogP contribution in [0.3, 0.4) is 0 Å². The van der Waals surface area contributed by atoms with Crippen LogP contribution >= 0.6 is 0 Å². The Bertz CT molecular complexity index is 421. The Labute approximate surface area is 81.0 Å². The van der Waals surface area contributed by atoms with E-state index in [1.54, 1.807) is 10.9 Å². The lowest BCUT2D eigenvalue weighted by Crippen LogP contribution is -1.98. The molecule has 1 N–H and O–H groups in total. The first-order chi connectivity index (χ1) is 6.77. The van der Waals surface area contributed by atoms with Crippen molar-refractivity contribution in [2.45, 2.75) is 6.92 Å². The van der Waals surface area contributed by atoms with Crippen molar-refractivity contribution >= 4 is 11.6 Å². The first-order valence-corrected chi connectivity index (χ1v) is 4.15. The van der Waals surface area contributed by atoms with Gasteiger partial charge in [-0.3, -0.25) is 4.68 Å². The smallest absolute Gasteiger partial charge is 0.230 e. The van der Waals surface area contributed by atoms with E-state index in [1.807, 2.05) is 14.0 Å². The SMILES string of the molecule is Cc1c(Nc2ncncn2)cnn1C. The van der Waals surface area contributed by atoms with Crippen LogP contribution in [0.1, 0.15) is 5.69 Å². The third-order valence-electron chi connectivity index (χ3n) is 1.98. The maximum absolute atomic E-state index is 4.10. The van der Waals surface area contributed by atoms with Crippen molar-refractivity contribution in [1.29, 1.82) is 0 Å². The molecular weight excluding hydrogens is 180 g/mol. The summed E-state index contributed by atoms with van der Waals surface area (Å²) in [5, 5.41) is 7.14. The molecule has 14 heavy (non-hydrogen) atoms. The molecule has 0 spiro atoms. The number of hydrogen-bond acceptors (Lipinski definition) is 5. The number of hydrogen-bond donors (Lipinski definition) is 1. The van der Waals surface area contributed by atoms with Gasteiger partial charge < -0.3 is 5.32 Å². The summed E-state index contributed by atoms with van der Waals surface area (Å²) in [6.07, 6.45) is 4.63. The van der Waals surface area contributed by atoms with Crippen LogP contribution in [0.5, 0.6) is 0 Å². The number of nitrogens with one attached hydrogen (secondary N) is 1. The maximum atomic E-state index is 4.10. The van der Waals surface area contributed by atoms with Crippen LogP contribution in [0.15, 0.2) is 18.9 Å². The van der Waals surface area contributed by atoms with Crippen molar-refractivity contribution in [3.05, 3.63) is 24.5 Å². The van der Waals surface area contributed by atoms with Crippen molar-refractivity contribution in [2.75, 3.05) is 5.32 Å². The number of nitrogens with zero attached hydrogens (tertiary/aromatic N) is 5. The van der Waals surface area contributed by atoms with Crippen molar-refractivity contribution in [1.82, 2.24) is 24.7 Å². The van der Waals surface area contributed by atoms with Gasteiger partial charge in [-0.05, 0) is 6.92 Å². The molecule has 2 heterocycles. The summed E-state index contributed by atoms with van der Waals surface area (Å²) in [6, 6.07) is 0. The Hall–Kier alpha value is -1.98. The highest BCUT2D eigenvalue weighted by Crippen LogP contribution is 2.15. The summed E-state index contributed by atoms with van der Waals surface area (Å²) in [5.74, 6) is 0.524. The van der Waals surface area contributed by atoms with Gasteiger partial charge in [-0.15, -0.1) is 0 Å². The molecule has 0 aromatic carbocycles. The zero-order valence-electron chi connectivity index (χ0n) is 7.97. The number of anilines is 2. The molecule has 0 bridgehead atoms. The van der Waals surface area contributed by atoms with Crippen molar-refractivity contribution in [2.24, 2.45) is 7.05 Å². The molecule has 2 rings (SSSR count). The molecule has 0 aliphatic rings. The second kappa shape index (κ2) is 3.41. The fraction of sp³-hybridized carbons (Fsp3) is 0.250. The Morgan fingerprint density at radius 1 is 1.29 bits per heavy atom. The Kier molecular flexibility index (Phi) is 2.10. The molecule has 0 fully saturated rings. The van der Waals surface area contributed by atoms with Crippen LogP contribution < -0.4 is 5.32 Å². The van der Waals surface area contributed by atoms with Gasteiger partial charge in [0.05, 0.1) is 17.6 Å². The van der Waals surface area contributed by atoms with Crippen molar-refractivity contribution in [3.8, 4) is 0 Å². The van der Waals surface area contributed by atoms with Crippen LogP contribution in [-0.2, 0) is 7.05 Å². The van der Waals surface area contributed by atoms with Crippen LogP contribution in [0.2, 0.25) is 0 Å². The molecule has 2 aromatic heterocycles.